The highest BCUT2D eigenvalue weighted by atomic mass is 32.2. The first kappa shape index (κ1) is 20.5. The molecule has 0 spiro atoms. The fourth-order valence-corrected chi connectivity index (χ4v) is 2.85. The van der Waals surface area contributed by atoms with Crippen molar-refractivity contribution in [1.82, 2.24) is 10.4 Å². The topological polar surface area (TPSA) is 72.8 Å². The van der Waals surface area contributed by atoms with Crippen LogP contribution in [0.15, 0.2) is 65.4 Å². The fourth-order valence-electron chi connectivity index (χ4n) is 2.05. The van der Waals surface area contributed by atoms with Crippen LogP contribution in [0.4, 0.5) is 0 Å². The number of aromatic nitrogens is 1. The van der Waals surface area contributed by atoms with Gasteiger partial charge in [-0.05, 0) is 49.7 Å². The summed E-state index contributed by atoms with van der Waals surface area (Å²) in [6.45, 7) is 8.26. The second kappa shape index (κ2) is 11.0. The summed E-state index contributed by atoms with van der Waals surface area (Å²) in [6, 6.07) is 11.0. The molecule has 1 unspecified atom stereocenters. The predicted octanol–water partition coefficient (Wildman–Crippen LogP) is 3.68. The van der Waals surface area contributed by atoms with Crippen LogP contribution in [-0.4, -0.2) is 35.6 Å². The summed E-state index contributed by atoms with van der Waals surface area (Å²) in [6.07, 6.45) is 4.93. The quantitative estimate of drug-likeness (QED) is 0.292. The molecule has 0 fully saturated rings. The van der Waals surface area contributed by atoms with E-state index < -0.39 is 0 Å². The molecule has 7 heteroatoms. The van der Waals surface area contributed by atoms with Crippen LogP contribution in [0.5, 0.6) is 11.5 Å². The van der Waals surface area contributed by atoms with E-state index in [1.54, 1.807) is 24.6 Å². The van der Waals surface area contributed by atoms with E-state index in [0.717, 1.165) is 10.6 Å². The summed E-state index contributed by atoms with van der Waals surface area (Å²) in [7, 11) is 0. The van der Waals surface area contributed by atoms with Gasteiger partial charge in [-0.3, -0.25) is 4.79 Å². The summed E-state index contributed by atoms with van der Waals surface area (Å²) in [5, 5.41) is 4.50. The third-order valence-electron chi connectivity index (χ3n) is 3.32. The molecule has 27 heavy (non-hydrogen) atoms. The van der Waals surface area contributed by atoms with Crippen LogP contribution in [0.3, 0.4) is 0 Å². The van der Waals surface area contributed by atoms with E-state index in [1.807, 2.05) is 44.2 Å². The number of ether oxygens (including phenoxy) is 2. The highest BCUT2D eigenvalue weighted by molar-refractivity contribution is 8.00. The SMILES string of the molecule is C=CCOc1ccc(/C=N/NC(=O)C(C)Sc2ccccn2)cc1OCC. The maximum Gasteiger partial charge on any atom is 0.253 e. The fraction of sp³-hybridized carbons (Fsp3) is 0.250. The molecule has 2 rings (SSSR count). The Bertz CT molecular complexity index is 781. The Morgan fingerprint density at radius 1 is 1.33 bits per heavy atom. The number of carbonyl (C=O) groups excluding carboxylic acids is 1. The van der Waals surface area contributed by atoms with Crippen molar-refractivity contribution >= 4 is 23.9 Å². The Morgan fingerprint density at radius 3 is 2.89 bits per heavy atom. The largest absolute Gasteiger partial charge is 0.490 e. The molecule has 0 saturated heterocycles. The van der Waals surface area contributed by atoms with Crippen LogP contribution >= 0.6 is 11.8 Å². The molecule has 0 bridgehead atoms. The molecular weight excluding hydrogens is 362 g/mol. The highest BCUT2D eigenvalue weighted by Gasteiger charge is 2.14. The maximum atomic E-state index is 12.2. The minimum atomic E-state index is -0.314. The van der Waals surface area contributed by atoms with Crippen molar-refractivity contribution in [2.45, 2.75) is 24.1 Å². The van der Waals surface area contributed by atoms with E-state index in [4.69, 9.17) is 9.47 Å². The van der Waals surface area contributed by atoms with Gasteiger partial charge in [-0.15, -0.1) is 0 Å². The van der Waals surface area contributed by atoms with E-state index in [2.05, 4.69) is 22.1 Å². The predicted molar refractivity (Wildman–Crippen MR) is 109 cm³/mol. The number of carbonyl (C=O) groups is 1. The number of rotatable bonds is 10. The van der Waals surface area contributed by atoms with Crippen molar-refractivity contribution in [1.29, 1.82) is 0 Å². The zero-order valence-electron chi connectivity index (χ0n) is 15.4. The molecule has 1 amide bonds. The monoisotopic (exact) mass is 385 g/mol. The standard InChI is InChI=1S/C20H23N3O3S/c1-4-12-26-17-10-9-16(13-18(17)25-5-2)14-22-23-20(24)15(3)27-19-8-6-7-11-21-19/h4,6-11,13-15H,1,5,12H2,2-3H3,(H,23,24)/b22-14+. The lowest BCUT2D eigenvalue weighted by Gasteiger charge is -2.11. The first-order valence-corrected chi connectivity index (χ1v) is 9.43. The van der Waals surface area contributed by atoms with Gasteiger partial charge >= 0.3 is 0 Å². The van der Waals surface area contributed by atoms with Gasteiger partial charge in [0.05, 0.1) is 23.1 Å². The van der Waals surface area contributed by atoms with E-state index >= 15 is 0 Å². The summed E-state index contributed by atoms with van der Waals surface area (Å²) in [5.74, 6) is 1.06. The van der Waals surface area contributed by atoms with Crippen LogP contribution < -0.4 is 14.9 Å². The lowest BCUT2D eigenvalue weighted by atomic mass is 10.2. The normalized spacial score (nSPS) is 11.8. The smallest absolute Gasteiger partial charge is 0.253 e. The van der Waals surface area contributed by atoms with Gasteiger partial charge in [0.15, 0.2) is 11.5 Å². The Balaban J connectivity index is 1.95. The van der Waals surface area contributed by atoms with E-state index in [0.29, 0.717) is 24.7 Å². The van der Waals surface area contributed by atoms with E-state index in [9.17, 15) is 4.79 Å². The van der Waals surface area contributed by atoms with Gasteiger partial charge in [0.2, 0.25) is 0 Å². The number of nitrogens with zero attached hydrogens (tertiary/aromatic N) is 2. The van der Waals surface area contributed by atoms with Gasteiger partial charge in [0, 0.05) is 6.20 Å². The van der Waals surface area contributed by atoms with E-state index in [1.165, 1.54) is 11.8 Å². The van der Waals surface area contributed by atoms with Crippen LogP contribution in [0.25, 0.3) is 0 Å². The summed E-state index contributed by atoms with van der Waals surface area (Å²) < 4.78 is 11.1. The molecule has 2 aromatic rings. The summed E-state index contributed by atoms with van der Waals surface area (Å²) in [5.41, 5.74) is 3.33. The molecule has 0 saturated carbocycles. The van der Waals surface area contributed by atoms with Gasteiger partial charge in [-0.1, -0.05) is 30.5 Å². The Morgan fingerprint density at radius 2 is 2.19 bits per heavy atom. The number of thioether (sulfide) groups is 1. The summed E-state index contributed by atoms with van der Waals surface area (Å²) in [4.78, 5) is 16.4. The Labute approximate surface area is 163 Å². The molecule has 142 valence electrons. The second-order valence-corrected chi connectivity index (χ2v) is 6.76. The van der Waals surface area contributed by atoms with Crippen LogP contribution in [0.1, 0.15) is 19.4 Å². The molecule has 0 aliphatic heterocycles. The van der Waals surface area contributed by atoms with Gasteiger partial charge in [-0.2, -0.15) is 5.10 Å². The third-order valence-corrected chi connectivity index (χ3v) is 4.37. The number of nitrogens with one attached hydrogen (secondary N) is 1. The number of hydrogen-bond acceptors (Lipinski definition) is 6. The number of benzene rings is 1. The van der Waals surface area contributed by atoms with Gasteiger partial charge in [0.25, 0.3) is 5.91 Å². The summed E-state index contributed by atoms with van der Waals surface area (Å²) >= 11 is 1.37. The van der Waals surface area contributed by atoms with E-state index in [-0.39, 0.29) is 11.2 Å². The average Bonchev–Trinajstić information content (AvgIpc) is 2.68. The van der Waals surface area contributed by atoms with Crippen LogP contribution in [0.2, 0.25) is 0 Å². The number of hydrogen-bond donors (Lipinski definition) is 1. The molecule has 1 N–H and O–H groups in total. The minimum Gasteiger partial charge on any atom is -0.490 e. The Kier molecular flexibility index (Phi) is 8.38. The molecule has 0 aliphatic carbocycles. The molecule has 1 aromatic carbocycles. The molecule has 1 aromatic heterocycles. The molecule has 6 nitrogen and oxygen atoms in total. The first-order valence-electron chi connectivity index (χ1n) is 8.55. The van der Waals surface area contributed by atoms with Crippen molar-refractivity contribution in [3.8, 4) is 11.5 Å². The van der Waals surface area contributed by atoms with Crippen molar-refractivity contribution in [3.05, 3.63) is 60.8 Å². The number of pyridine rings is 1. The number of hydrazone groups is 1. The van der Waals surface area contributed by atoms with Crippen LogP contribution in [-0.2, 0) is 4.79 Å². The maximum absolute atomic E-state index is 12.2. The molecule has 1 atom stereocenters. The lowest BCUT2D eigenvalue weighted by molar-refractivity contribution is -0.120. The minimum absolute atomic E-state index is 0.196. The van der Waals surface area contributed by atoms with Gasteiger partial charge < -0.3 is 9.47 Å². The third kappa shape index (κ3) is 6.79. The molecular formula is C20H23N3O3S. The molecule has 0 radical (unpaired) electrons. The van der Waals surface area contributed by atoms with Gasteiger partial charge in [0.1, 0.15) is 6.61 Å². The van der Waals surface area contributed by atoms with Gasteiger partial charge in [-0.25, -0.2) is 10.4 Å². The zero-order chi connectivity index (χ0) is 19.5. The molecule has 0 aliphatic rings. The Hall–Kier alpha value is -2.80. The average molecular weight is 385 g/mol. The zero-order valence-corrected chi connectivity index (χ0v) is 16.2. The van der Waals surface area contributed by atoms with Crippen molar-refractivity contribution < 1.29 is 14.3 Å². The highest BCUT2D eigenvalue weighted by Crippen LogP contribution is 2.28. The molecule has 1 heterocycles. The van der Waals surface area contributed by atoms with Crippen molar-refractivity contribution in [3.63, 3.8) is 0 Å². The lowest BCUT2D eigenvalue weighted by Crippen LogP contribution is -2.26. The van der Waals surface area contributed by atoms with Crippen molar-refractivity contribution in [2.75, 3.05) is 13.2 Å². The second-order valence-electron chi connectivity index (χ2n) is 5.40. The van der Waals surface area contributed by atoms with Crippen LogP contribution in [0, 0.1) is 0 Å². The number of amides is 1. The van der Waals surface area contributed by atoms with Crippen molar-refractivity contribution in [2.24, 2.45) is 5.10 Å². The first-order chi connectivity index (χ1) is 13.1.